The minimum absolute atomic E-state index is 0.350. The van der Waals surface area contributed by atoms with Crippen molar-refractivity contribution >= 4 is 53.2 Å². The summed E-state index contributed by atoms with van der Waals surface area (Å²) in [5.41, 5.74) is 0. The predicted octanol–water partition coefficient (Wildman–Crippen LogP) is 6.26. The first kappa shape index (κ1) is 14.4. The molecule has 1 aliphatic rings. The largest absolute Gasteiger partial charge is 0.530 e. The van der Waals surface area contributed by atoms with E-state index in [-0.39, 0.29) is 0 Å². The van der Waals surface area contributed by atoms with Gasteiger partial charge in [0, 0.05) is 21.3 Å². The van der Waals surface area contributed by atoms with Crippen molar-refractivity contribution in [3.05, 3.63) is 46.4 Å². The normalized spacial score (nSPS) is 15.9. The van der Waals surface area contributed by atoms with E-state index in [1.807, 2.05) is 0 Å². The van der Waals surface area contributed by atoms with Crippen molar-refractivity contribution in [2.45, 2.75) is 9.79 Å². The van der Waals surface area contributed by atoms with Crippen LogP contribution in [0.15, 0.2) is 46.2 Å². The molecule has 0 atom stereocenters. The van der Waals surface area contributed by atoms with Crippen LogP contribution < -0.4 is 9.05 Å². The average Bonchev–Trinajstić information content (AvgIpc) is 2.34. The van der Waals surface area contributed by atoms with E-state index in [4.69, 9.17) is 43.5 Å². The Bertz CT molecular complexity index is 680. The number of fused-ring (bicyclic) bond motifs is 2. The topological polar surface area (TPSA) is 35.5 Å². The lowest BCUT2D eigenvalue weighted by atomic mass is 10.3. The van der Waals surface area contributed by atoms with E-state index in [1.165, 1.54) is 11.8 Å². The van der Waals surface area contributed by atoms with Gasteiger partial charge < -0.3 is 9.05 Å². The highest BCUT2D eigenvalue weighted by Gasteiger charge is 2.30. The highest BCUT2D eigenvalue weighted by Crippen LogP contribution is 2.59. The van der Waals surface area contributed by atoms with Crippen molar-refractivity contribution in [3.8, 4) is 11.5 Å². The van der Waals surface area contributed by atoms with Crippen molar-refractivity contribution < 1.29 is 13.6 Å². The molecule has 0 bridgehead atoms. The minimum Gasteiger partial charge on any atom is -0.404 e. The fraction of sp³-hybridized carbons (Fsp3) is 0. The van der Waals surface area contributed by atoms with Gasteiger partial charge in [0.05, 0.1) is 9.79 Å². The number of halogens is 3. The molecule has 0 N–H and O–H groups in total. The van der Waals surface area contributed by atoms with Crippen LogP contribution in [0.5, 0.6) is 11.5 Å². The van der Waals surface area contributed by atoms with Gasteiger partial charge in [0.1, 0.15) is 11.5 Å². The third-order valence-corrected chi connectivity index (χ3v) is 5.24. The minimum atomic E-state index is -3.78. The molecule has 0 radical (unpaired) electrons. The van der Waals surface area contributed by atoms with E-state index in [1.54, 1.807) is 36.4 Å². The zero-order valence-corrected chi connectivity index (χ0v) is 13.7. The summed E-state index contributed by atoms with van der Waals surface area (Å²) in [4.78, 5) is 1.37. The van der Waals surface area contributed by atoms with Crippen molar-refractivity contribution in [2.75, 3.05) is 0 Å². The Labute approximate surface area is 134 Å². The molecule has 0 aliphatic carbocycles. The van der Waals surface area contributed by atoms with Gasteiger partial charge in [-0.15, -0.1) is 0 Å². The van der Waals surface area contributed by atoms with Crippen molar-refractivity contribution in [1.29, 1.82) is 0 Å². The highest BCUT2D eigenvalue weighted by atomic mass is 35.7. The Morgan fingerprint density at radius 1 is 0.900 bits per heavy atom. The summed E-state index contributed by atoms with van der Waals surface area (Å²) in [7, 11) is 0. The first-order valence-electron chi connectivity index (χ1n) is 5.39. The number of benzene rings is 2. The fourth-order valence-electron chi connectivity index (χ4n) is 1.65. The first-order valence-corrected chi connectivity index (χ1v) is 9.41. The Morgan fingerprint density at radius 3 is 1.80 bits per heavy atom. The average molecular weight is 368 g/mol. The number of hydrogen-bond donors (Lipinski definition) is 0. The maximum absolute atomic E-state index is 12.1. The zero-order valence-electron chi connectivity index (χ0n) is 9.68. The molecular weight excluding hydrogens is 362 g/mol. The van der Waals surface area contributed by atoms with E-state index in [0.29, 0.717) is 31.3 Å². The Hall–Kier alpha value is -0.510. The molecule has 104 valence electrons. The fourth-order valence-corrected chi connectivity index (χ4v) is 4.54. The van der Waals surface area contributed by atoms with Crippen LogP contribution in [0.2, 0.25) is 10.0 Å². The molecule has 0 spiro atoms. The Morgan fingerprint density at radius 2 is 1.35 bits per heavy atom. The van der Waals surface area contributed by atoms with E-state index in [0.717, 1.165) is 0 Å². The van der Waals surface area contributed by atoms with Gasteiger partial charge in [-0.2, -0.15) is 0 Å². The summed E-state index contributed by atoms with van der Waals surface area (Å²) >= 11 is 19.1. The molecule has 3 rings (SSSR count). The SMILES string of the molecule is O=P1(Cl)Oc2ccc(Cl)cc2Sc2cc(Cl)ccc2O1. The van der Waals surface area contributed by atoms with Gasteiger partial charge in [0.15, 0.2) is 0 Å². The molecule has 0 saturated carbocycles. The highest BCUT2D eigenvalue weighted by molar-refractivity contribution is 7.99. The Balaban J connectivity index is 2.18. The molecule has 0 saturated heterocycles. The van der Waals surface area contributed by atoms with Gasteiger partial charge in [-0.25, -0.2) is 4.57 Å². The molecule has 8 heteroatoms. The second-order valence-electron chi connectivity index (χ2n) is 3.90. The molecule has 2 aromatic rings. The van der Waals surface area contributed by atoms with Crippen LogP contribution in [0.4, 0.5) is 0 Å². The zero-order chi connectivity index (χ0) is 14.3. The molecule has 0 unspecified atom stereocenters. The third-order valence-electron chi connectivity index (χ3n) is 2.45. The van der Waals surface area contributed by atoms with Crippen molar-refractivity contribution in [2.24, 2.45) is 0 Å². The van der Waals surface area contributed by atoms with Crippen LogP contribution in [0.1, 0.15) is 0 Å². The van der Waals surface area contributed by atoms with Crippen LogP contribution >= 0.6 is 53.2 Å². The first-order chi connectivity index (χ1) is 9.43. The summed E-state index contributed by atoms with van der Waals surface area (Å²) in [5, 5.41) is 1.07. The van der Waals surface area contributed by atoms with Crippen LogP contribution in [0.3, 0.4) is 0 Å². The van der Waals surface area contributed by atoms with Gasteiger partial charge in [0.25, 0.3) is 0 Å². The summed E-state index contributed by atoms with van der Waals surface area (Å²) in [5.74, 6) is 0.701. The van der Waals surface area contributed by atoms with Gasteiger partial charge in [0.2, 0.25) is 0 Å². The maximum atomic E-state index is 12.1. The quantitative estimate of drug-likeness (QED) is 0.515. The third kappa shape index (κ3) is 3.05. The molecule has 20 heavy (non-hydrogen) atoms. The molecular formula is C12H6Cl3O3PS. The van der Waals surface area contributed by atoms with E-state index in [9.17, 15) is 4.57 Å². The van der Waals surface area contributed by atoms with Gasteiger partial charge in [-0.3, -0.25) is 0 Å². The van der Waals surface area contributed by atoms with Gasteiger partial charge >= 0.3 is 6.95 Å². The van der Waals surface area contributed by atoms with Crippen LogP contribution in [0.25, 0.3) is 0 Å². The number of rotatable bonds is 0. The summed E-state index contributed by atoms with van der Waals surface area (Å²) in [6, 6.07) is 9.84. The molecule has 3 nitrogen and oxygen atoms in total. The maximum Gasteiger partial charge on any atom is 0.530 e. The lowest BCUT2D eigenvalue weighted by Crippen LogP contribution is -2.00. The lowest BCUT2D eigenvalue weighted by molar-refractivity contribution is 0.397. The molecule has 0 aromatic heterocycles. The summed E-state index contributed by atoms with van der Waals surface area (Å²) < 4.78 is 22.7. The second-order valence-corrected chi connectivity index (χ2v) is 8.32. The monoisotopic (exact) mass is 366 g/mol. The molecule has 1 aliphatic heterocycles. The molecule has 2 aromatic carbocycles. The molecule has 0 fully saturated rings. The summed E-state index contributed by atoms with van der Waals surface area (Å²) in [6.07, 6.45) is 0. The lowest BCUT2D eigenvalue weighted by Gasteiger charge is -2.21. The van der Waals surface area contributed by atoms with Crippen LogP contribution in [0, 0.1) is 0 Å². The van der Waals surface area contributed by atoms with E-state index in [2.05, 4.69) is 0 Å². The van der Waals surface area contributed by atoms with Gasteiger partial charge in [-0.05, 0) is 36.4 Å². The smallest absolute Gasteiger partial charge is 0.404 e. The Kier molecular flexibility index (Phi) is 3.87. The van der Waals surface area contributed by atoms with Crippen molar-refractivity contribution in [1.82, 2.24) is 0 Å². The number of hydrogen-bond acceptors (Lipinski definition) is 4. The summed E-state index contributed by atoms with van der Waals surface area (Å²) in [6.45, 7) is -3.78. The van der Waals surface area contributed by atoms with Crippen LogP contribution in [-0.4, -0.2) is 0 Å². The van der Waals surface area contributed by atoms with Crippen molar-refractivity contribution in [3.63, 3.8) is 0 Å². The van der Waals surface area contributed by atoms with E-state index < -0.39 is 6.95 Å². The standard InChI is InChI=1S/C12H6Cl3O3PS/c13-7-1-3-9-11(5-7)20-12-6-8(14)2-4-10(12)18-19(15,16)17-9/h1-6H. The van der Waals surface area contributed by atoms with Crippen LogP contribution in [-0.2, 0) is 4.57 Å². The molecule has 0 amide bonds. The predicted molar refractivity (Wildman–Crippen MR) is 81.7 cm³/mol. The molecule has 1 heterocycles. The second kappa shape index (κ2) is 5.36. The van der Waals surface area contributed by atoms with E-state index >= 15 is 0 Å². The van der Waals surface area contributed by atoms with Gasteiger partial charge in [-0.1, -0.05) is 35.0 Å².